The molecule has 1 N–H and O–H groups in total. The monoisotopic (exact) mass is 222 g/mol. The number of nitrogens with one attached hydrogen (secondary N) is 1. The Balaban J connectivity index is 1.80. The average Bonchev–Trinajstić information content (AvgIpc) is 2.76. The van der Waals surface area contributed by atoms with Gasteiger partial charge in [0.25, 0.3) is 0 Å². The van der Waals surface area contributed by atoms with Crippen molar-refractivity contribution in [2.75, 3.05) is 0 Å². The fourth-order valence-corrected chi connectivity index (χ4v) is 1.98. The molecular formula is C10H14N4S. The summed E-state index contributed by atoms with van der Waals surface area (Å²) in [5.41, 5.74) is 2.16. The Labute approximate surface area is 93.0 Å². The van der Waals surface area contributed by atoms with Crippen LogP contribution < -0.4 is 5.32 Å². The van der Waals surface area contributed by atoms with E-state index >= 15 is 0 Å². The predicted molar refractivity (Wildman–Crippen MR) is 60.6 cm³/mol. The summed E-state index contributed by atoms with van der Waals surface area (Å²) in [6.45, 7) is 3.62. The van der Waals surface area contributed by atoms with Crippen molar-refractivity contribution in [3.63, 3.8) is 0 Å². The van der Waals surface area contributed by atoms with Gasteiger partial charge in [-0.25, -0.2) is 4.98 Å². The highest BCUT2D eigenvalue weighted by atomic mass is 32.1. The van der Waals surface area contributed by atoms with Gasteiger partial charge in [-0.05, 0) is 13.0 Å². The molecular weight excluding hydrogens is 208 g/mol. The lowest BCUT2D eigenvalue weighted by molar-refractivity contribution is 0.649. The lowest BCUT2D eigenvalue weighted by Gasteiger charge is -1.98. The summed E-state index contributed by atoms with van der Waals surface area (Å²) in [6, 6.07) is 2.01. The number of hydrogen-bond acceptors (Lipinski definition) is 4. The second-order valence-corrected chi connectivity index (χ2v) is 4.50. The van der Waals surface area contributed by atoms with Crippen LogP contribution in [0.25, 0.3) is 0 Å². The number of aryl methyl sites for hydroxylation is 2. The van der Waals surface area contributed by atoms with Gasteiger partial charge in [0.15, 0.2) is 0 Å². The zero-order chi connectivity index (χ0) is 10.7. The van der Waals surface area contributed by atoms with E-state index in [0.717, 1.165) is 29.5 Å². The number of nitrogens with zero attached hydrogens (tertiary/aromatic N) is 3. The van der Waals surface area contributed by atoms with Crippen LogP contribution in [0.15, 0.2) is 17.6 Å². The molecule has 0 amide bonds. The van der Waals surface area contributed by atoms with Gasteiger partial charge < -0.3 is 5.32 Å². The van der Waals surface area contributed by atoms with Gasteiger partial charge in [-0.3, -0.25) is 4.68 Å². The molecule has 0 aliphatic rings. The van der Waals surface area contributed by atoms with Gasteiger partial charge in [0, 0.05) is 31.7 Å². The van der Waals surface area contributed by atoms with Crippen LogP contribution in [0.2, 0.25) is 0 Å². The van der Waals surface area contributed by atoms with E-state index in [0.29, 0.717) is 0 Å². The van der Waals surface area contributed by atoms with Crippen molar-refractivity contribution < 1.29 is 0 Å². The highest BCUT2D eigenvalue weighted by molar-refractivity contribution is 7.09. The predicted octanol–water partition coefficient (Wildman–Crippen LogP) is 1.47. The minimum Gasteiger partial charge on any atom is -0.305 e. The van der Waals surface area contributed by atoms with Gasteiger partial charge in [-0.15, -0.1) is 11.3 Å². The van der Waals surface area contributed by atoms with Crippen LogP contribution in [-0.4, -0.2) is 14.8 Å². The van der Waals surface area contributed by atoms with Gasteiger partial charge in [0.2, 0.25) is 0 Å². The Morgan fingerprint density at radius 1 is 1.40 bits per heavy atom. The first kappa shape index (κ1) is 10.3. The van der Waals surface area contributed by atoms with Crippen LogP contribution in [0.4, 0.5) is 0 Å². The molecule has 80 valence electrons. The summed E-state index contributed by atoms with van der Waals surface area (Å²) in [5, 5.41) is 10.8. The Bertz CT molecular complexity index is 392. The van der Waals surface area contributed by atoms with Crippen molar-refractivity contribution in [1.82, 2.24) is 20.1 Å². The first-order valence-corrected chi connectivity index (χ1v) is 5.72. The van der Waals surface area contributed by atoms with Crippen LogP contribution in [-0.2, 0) is 20.1 Å². The van der Waals surface area contributed by atoms with Crippen LogP contribution in [0, 0.1) is 6.92 Å². The van der Waals surface area contributed by atoms with Crippen molar-refractivity contribution in [2.45, 2.75) is 20.0 Å². The van der Waals surface area contributed by atoms with Crippen molar-refractivity contribution in [1.29, 1.82) is 0 Å². The van der Waals surface area contributed by atoms with Gasteiger partial charge >= 0.3 is 0 Å². The second-order valence-electron chi connectivity index (χ2n) is 3.44. The lowest BCUT2D eigenvalue weighted by atomic mass is 10.4. The molecule has 15 heavy (non-hydrogen) atoms. The zero-order valence-corrected chi connectivity index (χ0v) is 9.71. The smallest absolute Gasteiger partial charge is 0.0897 e. The van der Waals surface area contributed by atoms with Crippen molar-refractivity contribution >= 4 is 11.3 Å². The molecule has 0 aromatic carbocycles. The highest BCUT2D eigenvalue weighted by Gasteiger charge is 1.99. The molecule has 2 aromatic rings. The summed E-state index contributed by atoms with van der Waals surface area (Å²) in [4.78, 5) is 4.38. The molecule has 0 fully saturated rings. The summed E-state index contributed by atoms with van der Waals surface area (Å²) in [5.74, 6) is 0. The van der Waals surface area contributed by atoms with E-state index in [1.54, 1.807) is 11.3 Å². The fourth-order valence-electron chi connectivity index (χ4n) is 1.37. The number of hydrogen-bond donors (Lipinski definition) is 1. The first-order chi connectivity index (χ1) is 7.24. The first-order valence-electron chi connectivity index (χ1n) is 4.84. The average molecular weight is 222 g/mol. The topological polar surface area (TPSA) is 42.7 Å². The Morgan fingerprint density at radius 2 is 2.20 bits per heavy atom. The molecule has 2 heterocycles. The normalized spacial score (nSPS) is 10.8. The van der Waals surface area contributed by atoms with Crippen LogP contribution in [0.3, 0.4) is 0 Å². The standard InChI is InChI=1S/C10H14N4S/c1-8-12-10(7-15-8)6-11-5-9-3-4-14(2)13-9/h3-4,7,11H,5-6H2,1-2H3. The number of thiazole rings is 1. The fraction of sp³-hybridized carbons (Fsp3) is 0.400. The molecule has 0 aliphatic heterocycles. The molecule has 0 radical (unpaired) electrons. The van der Waals surface area contributed by atoms with E-state index in [1.165, 1.54) is 0 Å². The second kappa shape index (κ2) is 4.55. The van der Waals surface area contributed by atoms with Crippen LogP contribution in [0.1, 0.15) is 16.4 Å². The molecule has 0 bridgehead atoms. The minimum atomic E-state index is 0.789. The quantitative estimate of drug-likeness (QED) is 0.852. The maximum atomic E-state index is 4.38. The Morgan fingerprint density at radius 3 is 2.80 bits per heavy atom. The third-order valence-electron chi connectivity index (χ3n) is 2.05. The molecule has 0 saturated carbocycles. The SMILES string of the molecule is Cc1nc(CNCc2ccn(C)n2)cs1. The molecule has 0 atom stereocenters. The maximum absolute atomic E-state index is 4.38. The molecule has 5 heteroatoms. The van der Waals surface area contributed by atoms with Gasteiger partial charge in [0.1, 0.15) is 0 Å². The van der Waals surface area contributed by atoms with E-state index in [1.807, 2.05) is 30.9 Å². The Hall–Kier alpha value is -1.20. The molecule has 4 nitrogen and oxygen atoms in total. The van der Waals surface area contributed by atoms with E-state index in [4.69, 9.17) is 0 Å². The van der Waals surface area contributed by atoms with Crippen molar-refractivity contribution in [3.8, 4) is 0 Å². The number of aromatic nitrogens is 3. The minimum absolute atomic E-state index is 0.789. The van der Waals surface area contributed by atoms with E-state index in [2.05, 4.69) is 20.8 Å². The number of rotatable bonds is 4. The summed E-state index contributed by atoms with van der Waals surface area (Å²) < 4.78 is 1.81. The summed E-state index contributed by atoms with van der Waals surface area (Å²) in [7, 11) is 1.92. The van der Waals surface area contributed by atoms with Crippen LogP contribution in [0.5, 0.6) is 0 Å². The third-order valence-corrected chi connectivity index (χ3v) is 2.87. The third kappa shape index (κ3) is 2.87. The Kier molecular flexibility index (Phi) is 3.13. The summed E-state index contributed by atoms with van der Waals surface area (Å²) in [6.07, 6.45) is 1.95. The zero-order valence-electron chi connectivity index (χ0n) is 8.90. The lowest BCUT2D eigenvalue weighted by Crippen LogP contribution is -2.13. The highest BCUT2D eigenvalue weighted by Crippen LogP contribution is 2.07. The van der Waals surface area contributed by atoms with E-state index in [9.17, 15) is 0 Å². The van der Waals surface area contributed by atoms with Gasteiger partial charge in [-0.2, -0.15) is 5.10 Å². The van der Waals surface area contributed by atoms with Crippen LogP contribution >= 0.6 is 11.3 Å². The molecule has 2 aromatic heterocycles. The maximum Gasteiger partial charge on any atom is 0.0897 e. The van der Waals surface area contributed by atoms with Crippen molar-refractivity contribution in [3.05, 3.63) is 34.0 Å². The molecule has 0 aliphatic carbocycles. The molecule has 2 rings (SSSR count). The van der Waals surface area contributed by atoms with E-state index in [-0.39, 0.29) is 0 Å². The van der Waals surface area contributed by atoms with E-state index < -0.39 is 0 Å². The molecule has 0 unspecified atom stereocenters. The largest absolute Gasteiger partial charge is 0.305 e. The summed E-state index contributed by atoms with van der Waals surface area (Å²) >= 11 is 1.68. The molecule has 0 saturated heterocycles. The van der Waals surface area contributed by atoms with Crippen molar-refractivity contribution in [2.24, 2.45) is 7.05 Å². The van der Waals surface area contributed by atoms with Gasteiger partial charge in [-0.1, -0.05) is 0 Å². The molecule has 0 spiro atoms. The van der Waals surface area contributed by atoms with Gasteiger partial charge in [0.05, 0.1) is 16.4 Å².